The number of carbonyl (C=O) groups excluding carboxylic acids is 1. The van der Waals surface area contributed by atoms with E-state index in [4.69, 9.17) is 0 Å². The Balaban J connectivity index is 2.41. The maximum absolute atomic E-state index is 12.4. The summed E-state index contributed by atoms with van der Waals surface area (Å²) in [5.41, 5.74) is 0.132. The topological polar surface area (TPSA) is 69.2 Å². The monoisotopic (exact) mass is 288 g/mol. The summed E-state index contributed by atoms with van der Waals surface area (Å²) >= 11 is 0.129. The molecule has 0 bridgehead atoms. The smallest absolute Gasteiger partial charge is 0.445 e. The maximum atomic E-state index is 12.4. The van der Waals surface area contributed by atoms with Gasteiger partial charge in [-0.1, -0.05) is 29.5 Å². The number of alkyl halides is 3. The van der Waals surface area contributed by atoms with Crippen LogP contribution in [-0.2, 0) is 6.18 Å². The van der Waals surface area contributed by atoms with Gasteiger partial charge < -0.3 is 9.90 Å². The predicted molar refractivity (Wildman–Crippen MR) is 58.9 cm³/mol. The molecular weight excluding hydrogens is 283 g/mol. The first-order chi connectivity index (χ1) is 8.89. The van der Waals surface area contributed by atoms with E-state index in [0.29, 0.717) is 4.90 Å². The molecule has 0 spiro atoms. The van der Waals surface area contributed by atoms with Crippen LogP contribution in [-0.4, -0.2) is 16.3 Å². The second-order valence-electron chi connectivity index (χ2n) is 3.32. The van der Waals surface area contributed by atoms with Gasteiger partial charge in [-0.05, 0) is 12.1 Å². The Bertz CT molecular complexity index is 585. The summed E-state index contributed by atoms with van der Waals surface area (Å²) in [6.07, 6.45) is -6.35. The summed E-state index contributed by atoms with van der Waals surface area (Å²) in [5, 5.41) is 15.6. The lowest BCUT2D eigenvalue weighted by molar-refractivity contribution is -0.245. The highest BCUT2D eigenvalue weighted by molar-refractivity contribution is 7.15. The van der Waals surface area contributed by atoms with Crippen LogP contribution < -0.4 is 10.0 Å². The Kier molecular flexibility index (Phi) is 3.38. The van der Waals surface area contributed by atoms with Gasteiger partial charge in [0.2, 0.25) is 10.1 Å². The van der Waals surface area contributed by atoms with Crippen molar-refractivity contribution in [3.63, 3.8) is 0 Å². The van der Waals surface area contributed by atoms with E-state index >= 15 is 0 Å². The molecule has 1 heterocycles. The molecule has 1 amide bonds. The van der Waals surface area contributed by atoms with Crippen LogP contribution in [0.3, 0.4) is 0 Å². The lowest BCUT2D eigenvalue weighted by Gasteiger charge is -2.21. The molecular formula is C10H5F3N3O2S-. The Labute approximate surface area is 108 Å². The molecule has 0 fully saturated rings. The first kappa shape index (κ1) is 13.3. The zero-order valence-corrected chi connectivity index (χ0v) is 9.90. The van der Waals surface area contributed by atoms with Crippen LogP contribution in [0.5, 0.6) is 0 Å². The van der Waals surface area contributed by atoms with Gasteiger partial charge >= 0.3 is 6.18 Å². The van der Waals surface area contributed by atoms with Crippen molar-refractivity contribution in [3.05, 3.63) is 35.3 Å². The molecule has 9 heteroatoms. The van der Waals surface area contributed by atoms with Gasteiger partial charge in [-0.3, -0.25) is 4.90 Å². The summed E-state index contributed by atoms with van der Waals surface area (Å²) in [5.74, 6) is 0. The van der Waals surface area contributed by atoms with Gasteiger partial charge in [-0.15, -0.1) is 10.2 Å². The van der Waals surface area contributed by atoms with E-state index in [2.05, 4.69) is 10.2 Å². The standard InChI is InChI=1S/C10H6F3N3O2S/c11-10(12,13)7-14-15-8(19-7)16(9(17)18)6-4-2-1-3-5-6/h1-5H,(H,17,18)/p-1. The fourth-order valence-corrected chi connectivity index (χ4v) is 2.01. The van der Waals surface area contributed by atoms with Crippen molar-refractivity contribution in [3.8, 4) is 0 Å². The maximum Gasteiger partial charge on any atom is 0.445 e. The molecule has 1 aromatic heterocycles. The number of anilines is 2. The zero-order chi connectivity index (χ0) is 14.0. The average molecular weight is 288 g/mol. The number of nitrogens with zero attached hydrogens (tertiary/aromatic N) is 3. The van der Waals surface area contributed by atoms with Crippen molar-refractivity contribution in [2.45, 2.75) is 6.18 Å². The van der Waals surface area contributed by atoms with Gasteiger partial charge in [-0.25, -0.2) is 0 Å². The molecule has 2 rings (SSSR count). The van der Waals surface area contributed by atoms with Crippen molar-refractivity contribution in [1.82, 2.24) is 10.2 Å². The summed E-state index contributed by atoms with van der Waals surface area (Å²) in [4.78, 5) is 11.6. The molecule has 100 valence electrons. The van der Waals surface area contributed by atoms with Crippen LogP contribution in [0.15, 0.2) is 30.3 Å². The predicted octanol–water partition coefficient (Wildman–Crippen LogP) is 2.04. The van der Waals surface area contributed by atoms with Crippen molar-refractivity contribution >= 4 is 28.2 Å². The van der Waals surface area contributed by atoms with Crippen molar-refractivity contribution in [2.24, 2.45) is 0 Å². The minimum absolute atomic E-state index is 0.129. The summed E-state index contributed by atoms with van der Waals surface area (Å²) in [6.45, 7) is 0. The molecule has 0 aliphatic heterocycles. The van der Waals surface area contributed by atoms with Gasteiger partial charge in [0, 0.05) is 5.69 Å². The molecule has 0 unspecified atom stereocenters. The number of hydrogen-bond donors (Lipinski definition) is 0. The third kappa shape index (κ3) is 2.81. The molecule has 2 aromatic rings. The number of carbonyl (C=O) groups is 1. The van der Waals surface area contributed by atoms with Gasteiger partial charge in [0.05, 0.1) is 0 Å². The Morgan fingerprint density at radius 3 is 2.32 bits per heavy atom. The highest BCUT2D eigenvalue weighted by atomic mass is 32.1. The van der Waals surface area contributed by atoms with Gasteiger partial charge in [-0.2, -0.15) is 13.2 Å². The molecule has 0 aliphatic rings. The third-order valence-corrected chi connectivity index (χ3v) is 3.00. The summed E-state index contributed by atoms with van der Waals surface area (Å²) in [7, 11) is 0. The Morgan fingerprint density at radius 2 is 1.84 bits per heavy atom. The number of rotatable bonds is 2. The number of amides is 1. The molecule has 0 saturated heterocycles. The van der Waals surface area contributed by atoms with E-state index in [9.17, 15) is 23.1 Å². The first-order valence-electron chi connectivity index (χ1n) is 4.86. The summed E-state index contributed by atoms with van der Waals surface area (Å²) in [6, 6.07) is 7.53. The number of carboxylic acid groups (broad SMARTS) is 1. The number of para-hydroxylation sites is 1. The van der Waals surface area contributed by atoms with Gasteiger partial charge in [0.15, 0.2) is 0 Å². The van der Waals surface area contributed by atoms with Gasteiger partial charge in [0.1, 0.15) is 6.09 Å². The Hall–Kier alpha value is -2.16. The largest absolute Gasteiger partial charge is 0.529 e. The van der Waals surface area contributed by atoms with Crippen molar-refractivity contribution < 1.29 is 23.1 Å². The first-order valence-corrected chi connectivity index (χ1v) is 5.68. The lowest BCUT2D eigenvalue weighted by Crippen LogP contribution is -2.37. The fraction of sp³-hybridized carbons (Fsp3) is 0.100. The minimum Gasteiger partial charge on any atom is -0.529 e. The van der Waals surface area contributed by atoms with E-state index in [1.165, 1.54) is 24.3 Å². The van der Waals surface area contributed by atoms with Crippen molar-refractivity contribution in [2.75, 3.05) is 4.90 Å². The summed E-state index contributed by atoms with van der Waals surface area (Å²) < 4.78 is 37.2. The van der Waals surface area contributed by atoms with Crippen LogP contribution in [0.2, 0.25) is 0 Å². The van der Waals surface area contributed by atoms with E-state index in [-0.39, 0.29) is 17.0 Å². The van der Waals surface area contributed by atoms with E-state index in [1.807, 2.05) is 0 Å². The van der Waals surface area contributed by atoms with Crippen LogP contribution >= 0.6 is 11.3 Å². The number of hydrogen-bond acceptors (Lipinski definition) is 5. The van der Waals surface area contributed by atoms with E-state index < -0.39 is 22.4 Å². The molecule has 0 aliphatic carbocycles. The quantitative estimate of drug-likeness (QED) is 0.848. The molecule has 0 N–H and O–H groups in total. The average Bonchev–Trinajstić information content (AvgIpc) is 2.79. The SMILES string of the molecule is O=C([O-])N(c1ccccc1)c1nnc(C(F)(F)F)s1. The molecule has 19 heavy (non-hydrogen) atoms. The number of halogens is 3. The molecule has 0 radical (unpaired) electrons. The normalized spacial score (nSPS) is 11.3. The minimum atomic E-state index is -4.66. The lowest BCUT2D eigenvalue weighted by atomic mass is 10.3. The van der Waals surface area contributed by atoms with Crippen LogP contribution in [0, 0.1) is 0 Å². The van der Waals surface area contributed by atoms with Crippen LogP contribution in [0.25, 0.3) is 0 Å². The molecule has 0 atom stereocenters. The fourth-order valence-electron chi connectivity index (χ4n) is 1.29. The zero-order valence-electron chi connectivity index (χ0n) is 9.09. The highest BCUT2D eigenvalue weighted by Crippen LogP contribution is 2.36. The van der Waals surface area contributed by atoms with E-state index in [1.54, 1.807) is 6.07 Å². The molecule has 0 saturated carbocycles. The molecule has 1 aromatic carbocycles. The Morgan fingerprint density at radius 1 is 1.21 bits per heavy atom. The number of aromatic nitrogens is 2. The second-order valence-corrected chi connectivity index (χ2v) is 4.28. The van der Waals surface area contributed by atoms with Crippen molar-refractivity contribution in [1.29, 1.82) is 0 Å². The van der Waals surface area contributed by atoms with Crippen LogP contribution in [0.1, 0.15) is 5.01 Å². The second kappa shape index (κ2) is 4.84. The van der Waals surface area contributed by atoms with Gasteiger partial charge in [0.25, 0.3) is 0 Å². The third-order valence-electron chi connectivity index (χ3n) is 2.05. The van der Waals surface area contributed by atoms with Crippen LogP contribution in [0.4, 0.5) is 28.8 Å². The highest BCUT2D eigenvalue weighted by Gasteiger charge is 2.36. The number of benzene rings is 1. The van der Waals surface area contributed by atoms with E-state index in [0.717, 1.165) is 0 Å². The molecule has 5 nitrogen and oxygen atoms in total.